The van der Waals surface area contributed by atoms with Crippen molar-refractivity contribution >= 4 is 27.7 Å². The van der Waals surface area contributed by atoms with Crippen molar-refractivity contribution in [1.82, 2.24) is 15.3 Å². The van der Waals surface area contributed by atoms with Gasteiger partial charge in [0.05, 0.1) is 17.9 Å². The van der Waals surface area contributed by atoms with Gasteiger partial charge < -0.3 is 5.32 Å². The topological polar surface area (TPSA) is 66.9 Å². The average Bonchev–Trinajstić information content (AvgIpc) is 2.82. The van der Waals surface area contributed by atoms with Gasteiger partial charge in [0.1, 0.15) is 4.60 Å². The molecule has 1 saturated heterocycles. The fourth-order valence-electron chi connectivity index (χ4n) is 1.86. The van der Waals surface area contributed by atoms with Crippen molar-refractivity contribution in [1.29, 1.82) is 0 Å². The zero-order valence-corrected chi connectivity index (χ0v) is 11.7. The molecule has 0 aromatic carbocycles. The van der Waals surface area contributed by atoms with E-state index in [1.54, 1.807) is 6.20 Å². The van der Waals surface area contributed by atoms with Gasteiger partial charge in [-0.3, -0.25) is 15.1 Å². The number of nitrogens with zero attached hydrogens (tertiary/aromatic N) is 2. The van der Waals surface area contributed by atoms with Gasteiger partial charge in [-0.1, -0.05) is 6.08 Å². The van der Waals surface area contributed by atoms with Crippen molar-refractivity contribution in [2.75, 3.05) is 5.32 Å². The van der Waals surface area contributed by atoms with E-state index in [-0.39, 0.29) is 18.0 Å². The first kappa shape index (κ1) is 13.2. The van der Waals surface area contributed by atoms with Gasteiger partial charge in [0, 0.05) is 6.04 Å². The normalized spacial score (nSPS) is 22.8. The number of carbonyl (C=O) groups excluding carboxylic acids is 1. The van der Waals surface area contributed by atoms with Crippen LogP contribution in [0.2, 0.25) is 0 Å². The lowest BCUT2D eigenvalue weighted by Gasteiger charge is -2.12. The van der Waals surface area contributed by atoms with E-state index in [9.17, 15) is 4.79 Å². The molecular formula is C12H15BrN4O. The fraction of sp³-hybridized carbons (Fsp3) is 0.417. The lowest BCUT2D eigenvalue weighted by atomic mass is 10.2. The van der Waals surface area contributed by atoms with Crippen molar-refractivity contribution in [3.8, 4) is 0 Å². The number of rotatable bonds is 3. The zero-order chi connectivity index (χ0) is 13.1. The molecule has 2 heterocycles. The largest absolute Gasteiger partial charge is 0.308 e. The van der Waals surface area contributed by atoms with Crippen LogP contribution in [0.5, 0.6) is 0 Å². The first-order valence-electron chi connectivity index (χ1n) is 5.78. The van der Waals surface area contributed by atoms with Crippen molar-refractivity contribution in [2.24, 2.45) is 0 Å². The van der Waals surface area contributed by atoms with Crippen LogP contribution in [0.3, 0.4) is 0 Å². The molecule has 1 aliphatic heterocycles. The minimum atomic E-state index is -0.185. The molecule has 0 spiro atoms. The highest BCUT2D eigenvalue weighted by Crippen LogP contribution is 2.16. The van der Waals surface area contributed by atoms with Gasteiger partial charge in [0.15, 0.2) is 5.82 Å². The van der Waals surface area contributed by atoms with Crippen molar-refractivity contribution in [2.45, 2.75) is 31.8 Å². The Balaban J connectivity index is 1.99. The Labute approximate surface area is 114 Å². The third kappa shape index (κ3) is 2.94. The van der Waals surface area contributed by atoms with Crippen LogP contribution in [0.1, 0.15) is 18.5 Å². The Hall–Kier alpha value is -1.27. The number of nitrogens with one attached hydrogen (secondary N) is 2. The molecule has 6 heteroatoms. The van der Waals surface area contributed by atoms with E-state index >= 15 is 0 Å². The summed E-state index contributed by atoms with van der Waals surface area (Å²) in [7, 11) is 0. The Kier molecular flexibility index (Phi) is 4.08. The van der Waals surface area contributed by atoms with Crippen molar-refractivity contribution in [3.05, 3.63) is 29.1 Å². The van der Waals surface area contributed by atoms with Gasteiger partial charge >= 0.3 is 0 Å². The Morgan fingerprint density at radius 3 is 3.06 bits per heavy atom. The highest BCUT2D eigenvalue weighted by atomic mass is 79.9. The number of halogens is 1. The molecule has 18 heavy (non-hydrogen) atoms. The summed E-state index contributed by atoms with van der Waals surface area (Å²) in [6.07, 6.45) is 5.13. The second-order valence-electron chi connectivity index (χ2n) is 4.26. The van der Waals surface area contributed by atoms with Crippen LogP contribution in [0.4, 0.5) is 5.82 Å². The van der Waals surface area contributed by atoms with Gasteiger partial charge in [-0.2, -0.15) is 0 Å². The summed E-state index contributed by atoms with van der Waals surface area (Å²) in [5, 5.41) is 5.95. The van der Waals surface area contributed by atoms with E-state index in [0.29, 0.717) is 10.4 Å². The molecule has 1 aliphatic rings. The number of aromatic nitrogens is 2. The van der Waals surface area contributed by atoms with E-state index in [1.807, 2.05) is 13.0 Å². The highest BCUT2D eigenvalue weighted by Gasteiger charge is 2.27. The quantitative estimate of drug-likeness (QED) is 0.835. The molecule has 0 bridgehead atoms. The van der Waals surface area contributed by atoms with Crippen LogP contribution in [-0.2, 0) is 4.79 Å². The molecule has 1 aromatic rings. The van der Waals surface area contributed by atoms with E-state index in [2.05, 4.69) is 43.1 Å². The molecule has 2 N–H and O–H groups in total. The predicted molar refractivity (Wildman–Crippen MR) is 73.2 cm³/mol. The highest BCUT2D eigenvalue weighted by molar-refractivity contribution is 9.10. The number of carbonyl (C=O) groups is 1. The summed E-state index contributed by atoms with van der Waals surface area (Å²) in [5.74, 6) is 0.380. The molecule has 0 radical (unpaired) electrons. The summed E-state index contributed by atoms with van der Waals surface area (Å²) in [6, 6.07) is 0.0338. The van der Waals surface area contributed by atoms with E-state index in [4.69, 9.17) is 0 Å². The summed E-state index contributed by atoms with van der Waals surface area (Å²) in [5.41, 5.74) is 0.790. The Morgan fingerprint density at radius 2 is 2.44 bits per heavy atom. The third-order valence-corrected chi connectivity index (χ3v) is 3.68. The Bertz CT molecular complexity index is 477. The molecule has 1 aromatic heterocycles. The fourth-order valence-corrected chi connectivity index (χ4v) is 2.16. The smallest absolute Gasteiger partial charge is 0.242 e. The van der Waals surface area contributed by atoms with Gasteiger partial charge in [0.2, 0.25) is 5.91 Å². The molecule has 2 rings (SSSR count). The van der Waals surface area contributed by atoms with Crippen molar-refractivity contribution in [3.63, 3.8) is 0 Å². The van der Waals surface area contributed by atoms with Gasteiger partial charge in [-0.05, 0) is 35.7 Å². The lowest BCUT2D eigenvalue weighted by molar-refractivity contribution is -0.117. The maximum absolute atomic E-state index is 12.0. The minimum Gasteiger partial charge on any atom is -0.308 e. The molecule has 96 valence electrons. The van der Waals surface area contributed by atoms with Crippen LogP contribution in [0.25, 0.3) is 0 Å². The number of anilines is 1. The molecule has 0 aliphatic carbocycles. The monoisotopic (exact) mass is 310 g/mol. The van der Waals surface area contributed by atoms with Crippen LogP contribution in [0.15, 0.2) is 23.5 Å². The summed E-state index contributed by atoms with van der Waals surface area (Å²) < 4.78 is 0.642. The summed E-state index contributed by atoms with van der Waals surface area (Å²) >= 11 is 3.29. The van der Waals surface area contributed by atoms with Crippen LogP contribution >= 0.6 is 15.9 Å². The lowest BCUT2D eigenvalue weighted by Crippen LogP contribution is -2.38. The Morgan fingerprint density at radius 1 is 1.67 bits per heavy atom. The van der Waals surface area contributed by atoms with Crippen molar-refractivity contribution < 1.29 is 4.79 Å². The van der Waals surface area contributed by atoms with Gasteiger partial charge in [-0.15, -0.1) is 6.58 Å². The van der Waals surface area contributed by atoms with Crippen LogP contribution in [-0.4, -0.2) is 28.0 Å². The first-order chi connectivity index (χ1) is 8.60. The first-order valence-corrected chi connectivity index (χ1v) is 6.58. The van der Waals surface area contributed by atoms with Crippen LogP contribution in [0, 0.1) is 6.92 Å². The molecular weight excluding hydrogens is 296 g/mol. The number of aryl methyl sites for hydroxylation is 1. The van der Waals surface area contributed by atoms with E-state index in [1.165, 1.54) is 0 Å². The molecule has 1 amide bonds. The van der Waals surface area contributed by atoms with Gasteiger partial charge in [-0.25, -0.2) is 4.98 Å². The standard InChI is InChI=1S/C12H15BrN4O/c1-3-8-4-5-9(15-8)12(18)17-10-6-14-7(2)11(13)16-10/h3,6,8-9,15H,1,4-5H2,2H3,(H,16,17,18)/t8-,9+/m1/s1. The number of amides is 1. The van der Waals surface area contributed by atoms with E-state index < -0.39 is 0 Å². The molecule has 1 fully saturated rings. The molecule has 2 atom stereocenters. The second-order valence-corrected chi connectivity index (χ2v) is 5.01. The third-order valence-electron chi connectivity index (χ3n) is 2.93. The summed E-state index contributed by atoms with van der Waals surface area (Å²) in [4.78, 5) is 20.3. The predicted octanol–water partition coefficient (Wildman–Crippen LogP) is 1.79. The molecule has 5 nitrogen and oxygen atoms in total. The molecule has 0 saturated carbocycles. The van der Waals surface area contributed by atoms with E-state index in [0.717, 1.165) is 18.5 Å². The number of hydrogen-bond acceptors (Lipinski definition) is 4. The minimum absolute atomic E-state index is 0.0793. The maximum Gasteiger partial charge on any atom is 0.242 e. The SMILES string of the molecule is C=C[C@@H]1CC[C@@H](C(=O)Nc2cnc(C)c(Br)n2)N1. The zero-order valence-electron chi connectivity index (χ0n) is 10.1. The second kappa shape index (κ2) is 5.58. The number of hydrogen-bond donors (Lipinski definition) is 2. The maximum atomic E-state index is 12.0. The summed E-state index contributed by atoms with van der Waals surface area (Å²) in [6.45, 7) is 5.56. The van der Waals surface area contributed by atoms with Crippen LogP contribution < -0.4 is 10.6 Å². The van der Waals surface area contributed by atoms with Gasteiger partial charge in [0.25, 0.3) is 0 Å². The average molecular weight is 311 g/mol. The molecule has 0 unspecified atom stereocenters.